The van der Waals surface area contributed by atoms with Gasteiger partial charge >= 0.3 is 5.69 Å². The molecule has 2 aromatic heterocycles. The Kier molecular flexibility index (Phi) is 5.51. The molecule has 154 valence electrons. The molecule has 1 atom stereocenters. The Morgan fingerprint density at radius 2 is 1.93 bits per heavy atom. The number of hydrogen-bond acceptors (Lipinski definition) is 5. The summed E-state index contributed by atoms with van der Waals surface area (Å²) in [6.45, 7) is 6.24. The largest absolute Gasteiger partial charge is 0.342 e. The standard InChI is InChI=1S/C21H27N5O3/c1-3-11-25-17-8-4-5-9-18(17)26(21(25)28)13-10-19(27)24-12-6-7-16(14-24)20-22-15(2)23-29-20/h4-5,8-9,16H,3,6-7,10-14H2,1-2H3/t16-/m1/s1. The third kappa shape index (κ3) is 3.83. The number of carbonyl (C=O) groups is 1. The van der Waals surface area contributed by atoms with Crippen molar-refractivity contribution in [2.75, 3.05) is 13.1 Å². The van der Waals surface area contributed by atoms with Crippen LogP contribution < -0.4 is 5.69 Å². The smallest absolute Gasteiger partial charge is 0.329 e. The van der Waals surface area contributed by atoms with Crippen molar-refractivity contribution < 1.29 is 9.32 Å². The zero-order valence-corrected chi connectivity index (χ0v) is 17.0. The number of likely N-dealkylation sites (tertiary alicyclic amines) is 1. The molecule has 8 heteroatoms. The van der Waals surface area contributed by atoms with E-state index in [2.05, 4.69) is 17.1 Å². The van der Waals surface area contributed by atoms with Crippen molar-refractivity contribution in [2.45, 2.75) is 58.5 Å². The number of aromatic nitrogens is 4. The molecule has 1 saturated heterocycles. The molecule has 0 aliphatic carbocycles. The highest BCUT2D eigenvalue weighted by molar-refractivity contribution is 5.78. The SMILES string of the molecule is CCCn1c(=O)n(CCC(=O)N2CCC[C@@H](c3nc(C)no3)C2)c2ccccc21. The molecule has 0 saturated carbocycles. The maximum absolute atomic E-state index is 12.9. The van der Waals surface area contributed by atoms with Gasteiger partial charge in [-0.05, 0) is 38.3 Å². The second-order valence-electron chi connectivity index (χ2n) is 7.68. The van der Waals surface area contributed by atoms with Crippen molar-refractivity contribution in [3.63, 3.8) is 0 Å². The Bertz CT molecular complexity index is 1060. The Morgan fingerprint density at radius 3 is 2.59 bits per heavy atom. The molecule has 0 spiro atoms. The van der Waals surface area contributed by atoms with Gasteiger partial charge in [-0.15, -0.1) is 0 Å². The van der Waals surface area contributed by atoms with Gasteiger partial charge in [0.25, 0.3) is 0 Å². The molecule has 8 nitrogen and oxygen atoms in total. The van der Waals surface area contributed by atoms with E-state index < -0.39 is 0 Å². The zero-order valence-electron chi connectivity index (χ0n) is 17.0. The molecular formula is C21H27N5O3. The first kappa shape index (κ1) is 19.4. The van der Waals surface area contributed by atoms with Crippen LogP contribution in [0.2, 0.25) is 0 Å². The minimum atomic E-state index is -0.0429. The minimum absolute atomic E-state index is 0.0429. The van der Waals surface area contributed by atoms with Crippen molar-refractivity contribution in [3.8, 4) is 0 Å². The van der Waals surface area contributed by atoms with E-state index in [4.69, 9.17) is 4.52 Å². The highest BCUT2D eigenvalue weighted by Crippen LogP contribution is 2.26. The predicted molar refractivity (Wildman–Crippen MR) is 109 cm³/mol. The third-order valence-electron chi connectivity index (χ3n) is 5.59. The molecule has 1 fully saturated rings. The Hall–Kier alpha value is -2.90. The first-order chi connectivity index (χ1) is 14.1. The summed E-state index contributed by atoms with van der Waals surface area (Å²) in [5, 5.41) is 3.86. The molecule has 0 radical (unpaired) electrons. The lowest BCUT2D eigenvalue weighted by molar-refractivity contribution is -0.132. The van der Waals surface area contributed by atoms with E-state index in [0.29, 0.717) is 37.8 Å². The topological polar surface area (TPSA) is 86.2 Å². The van der Waals surface area contributed by atoms with Gasteiger partial charge in [-0.2, -0.15) is 4.98 Å². The van der Waals surface area contributed by atoms with E-state index in [9.17, 15) is 9.59 Å². The average Bonchev–Trinajstić information content (AvgIpc) is 3.29. The first-order valence-corrected chi connectivity index (χ1v) is 10.3. The van der Waals surface area contributed by atoms with E-state index in [1.54, 1.807) is 16.1 Å². The molecule has 1 aromatic carbocycles. The summed E-state index contributed by atoms with van der Waals surface area (Å²) in [4.78, 5) is 31.9. The van der Waals surface area contributed by atoms with Crippen LogP contribution >= 0.6 is 0 Å². The number of aryl methyl sites for hydroxylation is 3. The Balaban J connectivity index is 1.47. The highest BCUT2D eigenvalue weighted by atomic mass is 16.5. The summed E-state index contributed by atoms with van der Waals surface area (Å²) >= 11 is 0. The summed E-state index contributed by atoms with van der Waals surface area (Å²) in [6, 6.07) is 7.78. The van der Waals surface area contributed by atoms with E-state index in [0.717, 1.165) is 36.8 Å². The zero-order chi connectivity index (χ0) is 20.4. The summed E-state index contributed by atoms with van der Waals surface area (Å²) in [7, 11) is 0. The second-order valence-corrected chi connectivity index (χ2v) is 7.68. The van der Waals surface area contributed by atoms with Crippen LogP contribution in [0.5, 0.6) is 0 Å². The first-order valence-electron chi connectivity index (χ1n) is 10.3. The van der Waals surface area contributed by atoms with Crippen LogP contribution in [-0.2, 0) is 17.9 Å². The number of para-hydroxylation sites is 2. The molecule has 1 aliphatic heterocycles. The van der Waals surface area contributed by atoms with Crippen molar-refractivity contribution in [1.82, 2.24) is 24.2 Å². The van der Waals surface area contributed by atoms with Crippen LogP contribution in [0.1, 0.15) is 50.2 Å². The number of nitrogens with zero attached hydrogens (tertiary/aromatic N) is 5. The number of rotatable bonds is 6. The van der Waals surface area contributed by atoms with E-state index >= 15 is 0 Å². The molecule has 1 aliphatic rings. The van der Waals surface area contributed by atoms with Crippen LogP contribution in [0.25, 0.3) is 11.0 Å². The molecule has 0 N–H and O–H groups in total. The van der Waals surface area contributed by atoms with Crippen LogP contribution in [0, 0.1) is 6.92 Å². The third-order valence-corrected chi connectivity index (χ3v) is 5.59. The average molecular weight is 397 g/mol. The predicted octanol–water partition coefficient (Wildman–Crippen LogP) is 2.70. The molecular weight excluding hydrogens is 370 g/mol. The molecule has 4 rings (SSSR count). The van der Waals surface area contributed by atoms with Gasteiger partial charge in [0.1, 0.15) is 0 Å². The molecule has 1 amide bonds. The number of imidazole rings is 1. The molecule has 29 heavy (non-hydrogen) atoms. The van der Waals surface area contributed by atoms with E-state index in [1.807, 2.05) is 29.2 Å². The fourth-order valence-electron chi connectivity index (χ4n) is 4.18. The molecule has 3 aromatic rings. The lowest BCUT2D eigenvalue weighted by Gasteiger charge is -2.31. The van der Waals surface area contributed by atoms with Gasteiger partial charge in [-0.3, -0.25) is 13.9 Å². The Morgan fingerprint density at radius 1 is 1.21 bits per heavy atom. The van der Waals surface area contributed by atoms with Crippen molar-refractivity contribution in [2.24, 2.45) is 0 Å². The van der Waals surface area contributed by atoms with Gasteiger partial charge in [-0.25, -0.2) is 4.79 Å². The quantitative estimate of drug-likeness (QED) is 0.638. The molecule has 3 heterocycles. The minimum Gasteiger partial charge on any atom is -0.342 e. The number of piperidine rings is 1. The van der Waals surface area contributed by atoms with Gasteiger partial charge < -0.3 is 9.42 Å². The van der Waals surface area contributed by atoms with E-state index in [-0.39, 0.29) is 17.5 Å². The summed E-state index contributed by atoms with van der Waals surface area (Å²) in [5.41, 5.74) is 1.77. The lowest BCUT2D eigenvalue weighted by Crippen LogP contribution is -2.40. The highest BCUT2D eigenvalue weighted by Gasteiger charge is 2.28. The normalized spacial score (nSPS) is 17.2. The van der Waals surface area contributed by atoms with Gasteiger partial charge in [0.2, 0.25) is 11.8 Å². The Labute approximate surface area is 169 Å². The van der Waals surface area contributed by atoms with Crippen molar-refractivity contribution in [1.29, 1.82) is 0 Å². The van der Waals surface area contributed by atoms with Crippen LogP contribution in [0.3, 0.4) is 0 Å². The number of amides is 1. The maximum Gasteiger partial charge on any atom is 0.329 e. The number of benzene rings is 1. The molecule has 0 bridgehead atoms. The second kappa shape index (κ2) is 8.23. The number of hydrogen-bond donors (Lipinski definition) is 0. The summed E-state index contributed by atoms with van der Waals surface area (Å²) in [6.07, 6.45) is 3.04. The van der Waals surface area contributed by atoms with E-state index in [1.165, 1.54) is 0 Å². The molecule has 0 unspecified atom stereocenters. The van der Waals surface area contributed by atoms with Gasteiger partial charge in [0.05, 0.1) is 17.0 Å². The van der Waals surface area contributed by atoms with Gasteiger partial charge in [0.15, 0.2) is 5.82 Å². The number of fused-ring (bicyclic) bond motifs is 1. The fraction of sp³-hybridized carbons (Fsp3) is 0.524. The lowest BCUT2D eigenvalue weighted by atomic mass is 9.97. The van der Waals surface area contributed by atoms with Crippen LogP contribution in [0.4, 0.5) is 0 Å². The van der Waals surface area contributed by atoms with Gasteiger partial charge in [-0.1, -0.05) is 24.2 Å². The van der Waals surface area contributed by atoms with Gasteiger partial charge in [0, 0.05) is 32.6 Å². The summed E-state index contributed by atoms with van der Waals surface area (Å²) < 4.78 is 8.83. The number of carbonyl (C=O) groups excluding carboxylic acids is 1. The summed E-state index contributed by atoms with van der Waals surface area (Å²) in [5.74, 6) is 1.37. The monoisotopic (exact) mass is 397 g/mol. The maximum atomic E-state index is 12.9. The fourth-order valence-corrected chi connectivity index (χ4v) is 4.18. The van der Waals surface area contributed by atoms with Crippen molar-refractivity contribution >= 4 is 16.9 Å². The van der Waals surface area contributed by atoms with Crippen molar-refractivity contribution in [3.05, 3.63) is 46.5 Å². The van der Waals surface area contributed by atoms with Crippen LogP contribution in [0.15, 0.2) is 33.6 Å². The van der Waals surface area contributed by atoms with Crippen LogP contribution in [-0.4, -0.2) is 43.2 Å².